The van der Waals surface area contributed by atoms with Crippen molar-refractivity contribution in [1.82, 2.24) is 19.9 Å². The van der Waals surface area contributed by atoms with Gasteiger partial charge in [-0.25, -0.2) is 9.97 Å². The third-order valence-corrected chi connectivity index (χ3v) is 9.82. The Labute approximate surface area is 340 Å². The van der Waals surface area contributed by atoms with E-state index in [9.17, 15) is 9.59 Å². The second kappa shape index (κ2) is 16.5. The van der Waals surface area contributed by atoms with Gasteiger partial charge in [-0.3, -0.25) is 9.59 Å². The molecule has 0 unspecified atom stereocenters. The highest BCUT2D eigenvalue weighted by Gasteiger charge is 2.16. The highest BCUT2D eigenvalue weighted by atomic mass is 35.5. The number of hydrogen-bond acceptors (Lipinski definition) is 5. The molecular formula is C43H27Cl4N7O2. The van der Waals surface area contributed by atoms with Gasteiger partial charge in [0, 0.05) is 22.5 Å². The topological polar surface area (TPSA) is 139 Å². The van der Waals surface area contributed by atoms with Crippen molar-refractivity contribution < 1.29 is 9.59 Å². The van der Waals surface area contributed by atoms with Crippen molar-refractivity contribution in [1.29, 1.82) is 5.26 Å². The van der Waals surface area contributed by atoms with Crippen molar-refractivity contribution in [2.75, 3.05) is 10.6 Å². The number of H-pyrrole nitrogens is 2. The quantitative estimate of drug-likeness (QED) is 0.127. The van der Waals surface area contributed by atoms with Crippen LogP contribution in [0.15, 0.2) is 128 Å². The number of nitrogens with one attached hydrogen (secondary N) is 4. The normalized spacial score (nSPS) is 10.7. The average Bonchev–Trinajstić information content (AvgIpc) is 3.82. The van der Waals surface area contributed by atoms with Crippen LogP contribution in [0.2, 0.25) is 20.1 Å². The number of benzene rings is 6. The number of carbonyl (C=O) groups excluding carboxylic acids is 2. The SMILES string of the molecule is C=Cc1ccc(NC(=O)c2ccc3nc(-c4c(Cl)cccc4Cl)[nH]c3c2)cc1.N#Cc1ccc(NC(=O)c2ccc3nc(-c4c(Cl)cccc4Cl)[nH]c3c2)cc1. The van der Waals surface area contributed by atoms with Crippen LogP contribution < -0.4 is 10.6 Å². The average molecular weight is 816 g/mol. The second-order valence-corrected chi connectivity index (χ2v) is 13.9. The van der Waals surface area contributed by atoms with Crippen LogP contribution in [0.5, 0.6) is 0 Å². The molecule has 0 saturated carbocycles. The van der Waals surface area contributed by atoms with Gasteiger partial charge >= 0.3 is 0 Å². The van der Waals surface area contributed by atoms with Crippen LogP contribution in [-0.2, 0) is 0 Å². The number of hydrogen-bond donors (Lipinski definition) is 4. The first-order chi connectivity index (χ1) is 27.1. The van der Waals surface area contributed by atoms with Gasteiger partial charge < -0.3 is 20.6 Å². The molecule has 0 saturated heterocycles. The van der Waals surface area contributed by atoms with Crippen LogP contribution >= 0.6 is 46.4 Å². The zero-order valence-corrected chi connectivity index (χ0v) is 32.0. The number of nitrogens with zero attached hydrogens (tertiary/aromatic N) is 3. The zero-order chi connectivity index (χ0) is 39.3. The summed E-state index contributed by atoms with van der Waals surface area (Å²) in [7, 11) is 0. The number of fused-ring (bicyclic) bond motifs is 2. The number of rotatable bonds is 7. The van der Waals surface area contributed by atoms with E-state index < -0.39 is 0 Å². The van der Waals surface area contributed by atoms with Gasteiger partial charge in [0.2, 0.25) is 0 Å². The predicted octanol–water partition coefficient (Wildman–Crippen LogP) is 12.1. The number of amides is 2. The van der Waals surface area contributed by atoms with E-state index in [2.05, 4.69) is 37.1 Å². The van der Waals surface area contributed by atoms with Crippen LogP contribution in [0, 0.1) is 11.3 Å². The molecule has 0 fully saturated rings. The maximum Gasteiger partial charge on any atom is 0.255 e. The smallest absolute Gasteiger partial charge is 0.255 e. The molecular weight excluding hydrogens is 788 g/mol. The molecule has 2 amide bonds. The van der Waals surface area contributed by atoms with E-state index in [1.165, 1.54) is 0 Å². The standard InChI is InChI=1S/C22H15Cl2N3O.C21H12Cl2N4O/c1-2-13-6-9-15(10-7-13)25-22(28)14-8-11-18-19(12-14)27-21(26-18)20-16(23)4-3-5-17(20)24;22-15-2-1-3-16(23)19(15)20-26-17-9-6-13(10-18(17)27-20)21(28)25-14-7-4-12(11-24)5-8-14/h2-12H,1H2,(H,25,28)(H,26,27);1-10H,(H,25,28)(H,26,27). The Hall–Kier alpha value is -6.41. The summed E-state index contributed by atoms with van der Waals surface area (Å²) >= 11 is 25.1. The van der Waals surface area contributed by atoms with E-state index in [0.717, 1.165) is 16.6 Å². The number of aromatic amines is 2. The van der Waals surface area contributed by atoms with Crippen LogP contribution in [0.1, 0.15) is 31.8 Å². The van der Waals surface area contributed by atoms with Gasteiger partial charge in [-0.15, -0.1) is 0 Å². The van der Waals surface area contributed by atoms with Crippen molar-refractivity contribution >= 4 is 97.7 Å². The first-order valence-electron chi connectivity index (χ1n) is 16.8. The third-order valence-electron chi connectivity index (χ3n) is 8.56. The summed E-state index contributed by atoms with van der Waals surface area (Å²) in [6.45, 7) is 3.72. The van der Waals surface area contributed by atoms with E-state index in [-0.39, 0.29) is 11.8 Å². The molecule has 0 aliphatic heterocycles. The molecule has 0 aliphatic rings. The highest BCUT2D eigenvalue weighted by molar-refractivity contribution is 6.39. The van der Waals surface area contributed by atoms with E-state index >= 15 is 0 Å². The van der Waals surface area contributed by atoms with Crippen LogP contribution in [0.3, 0.4) is 0 Å². The summed E-state index contributed by atoms with van der Waals surface area (Å²) in [5, 5.41) is 16.5. The Kier molecular flexibility index (Phi) is 11.2. The zero-order valence-electron chi connectivity index (χ0n) is 29.0. The molecule has 0 spiro atoms. The molecule has 4 N–H and O–H groups in total. The third kappa shape index (κ3) is 8.30. The maximum atomic E-state index is 12.6. The Morgan fingerprint density at radius 1 is 0.607 bits per heavy atom. The molecule has 0 bridgehead atoms. The van der Waals surface area contributed by atoms with Crippen LogP contribution in [-0.4, -0.2) is 31.8 Å². The first kappa shape index (κ1) is 37.9. The molecule has 0 atom stereocenters. The molecule has 6 aromatic carbocycles. The van der Waals surface area contributed by atoms with Crippen molar-refractivity contribution in [3.8, 4) is 28.8 Å². The summed E-state index contributed by atoms with van der Waals surface area (Å²) in [4.78, 5) is 40.6. The molecule has 8 aromatic rings. The van der Waals surface area contributed by atoms with Crippen molar-refractivity contribution in [3.05, 3.63) is 170 Å². The van der Waals surface area contributed by atoms with Gasteiger partial charge in [0.15, 0.2) is 0 Å². The lowest BCUT2D eigenvalue weighted by atomic mass is 10.1. The minimum atomic E-state index is -0.265. The van der Waals surface area contributed by atoms with Crippen molar-refractivity contribution in [2.45, 2.75) is 0 Å². The van der Waals surface area contributed by atoms with E-state index in [4.69, 9.17) is 51.7 Å². The number of halogens is 4. The van der Waals surface area contributed by atoms with Crippen LogP contribution in [0.4, 0.5) is 11.4 Å². The fourth-order valence-electron chi connectivity index (χ4n) is 5.72. The molecule has 2 heterocycles. The fraction of sp³-hybridized carbons (Fsp3) is 0. The van der Waals surface area contributed by atoms with E-state index in [1.807, 2.05) is 30.3 Å². The van der Waals surface area contributed by atoms with Crippen molar-refractivity contribution in [3.63, 3.8) is 0 Å². The van der Waals surface area contributed by atoms with Crippen LogP contribution in [0.25, 0.3) is 50.9 Å². The largest absolute Gasteiger partial charge is 0.338 e. The molecule has 13 heteroatoms. The van der Waals surface area contributed by atoms with Gasteiger partial charge in [0.05, 0.1) is 64.9 Å². The molecule has 2 aromatic heterocycles. The highest BCUT2D eigenvalue weighted by Crippen LogP contribution is 2.35. The minimum Gasteiger partial charge on any atom is -0.338 e. The number of anilines is 2. The summed E-state index contributed by atoms with van der Waals surface area (Å²) in [5.74, 6) is 0.622. The van der Waals surface area contributed by atoms with Crippen molar-refractivity contribution in [2.24, 2.45) is 0 Å². The van der Waals surface area contributed by atoms with Gasteiger partial charge in [-0.05, 0) is 103 Å². The number of nitriles is 1. The van der Waals surface area contributed by atoms with Gasteiger partial charge in [-0.1, -0.05) is 83.3 Å². The Bertz CT molecular complexity index is 2780. The molecule has 56 heavy (non-hydrogen) atoms. The predicted molar refractivity (Wildman–Crippen MR) is 227 cm³/mol. The fourth-order valence-corrected chi connectivity index (χ4v) is 6.88. The lowest BCUT2D eigenvalue weighted by Gasteiger charge is -2.05. The molecule has 0 aliphatic carbocycles. The van der Waals surface area contributed by atoms with E-state index in [0.29, 0.717) is 82.0 Å². The summed E-state index contributed by atoms with van der Waals surface area (Å²) in [6, 6.07) is 37.1. The lowest BCUT2D eigenvalue weighted by molar-refractivity contribution is 0.101. The second-order valence-electron chi connectivity index (χ2n) is 12.3. The summed E-state index contributed by atoms with van der Waals surface area (Å²) in [5.41, 5.74) is 7.91. The van der Waals surface area contributed by atoms with Gasteiger partial charge in [0.1, 0.15) is 11.6 Å². The maximum absolute atomic E-state index is 12.6. The Morgan fingerprint density at radius 2 is 1.02 bits per heavy atom. The first-order valence-corrected chi connectivity index (χ1v) is 18.3. The van der Waals surface area contributed by atoms with E-state index in [1.54, 1.807) is 103 Å². The number of aromatic nitrogens is 4. The Morgan fingerprint density at radius 3 is 1.41 bits per heavy atom. The number of imidazole rings is 2. The number of carbonyl (C=O) groups is 2. The lowest BCUT2D eigenvalue weighted by Crippen LogP contribution is -2.11. The summed E-state index contributed by atoms with van der Waals surface area (Å²) in [6.07, 6.45) is 1.75. The molecule has 0 radical (unpaired) electrons. The van der Waals surface area contributed by atoms with Gasteiger partial charge in [0.25, 0.3) is 11.8 Å². The molecule has 8 rings (SSSR count). The molecule has 9 nitrogen and oxygen atoms in total. The monoisotopic (exact) mass is 813 g/mol. The Balaban J connectivity index is 0.000000172. The molecule has 274 valence electrons. The minimum absolute atomic E-state index is 0.208. The summed E-state index contributed by atoms with van der Waals surface area (Å²) < 4.78 is 0. The van der Waals surface area contributed by atoms with Gasteiger partial charge in [-0.2, -0.15) is 5.26 Å².